The number of aliphatic hydroxyl groups excluding tert-OH is 1. The van der Waals surface area contributed by atoms with Crippen LogP contribution < -0.4 is 0 Å². The molecule has 1 unspecified atom stereocenters. The Bertz CT molecular complexity index is 791. The third-order valence-corrected chi connectivity index (χ3v) is 9.29. The number of hydrogen-bond acceptors (Lipinski definition) is 5. The van der Waals surface area contributed by atoms with E-state index in [1.807, 2.05) is 6.92 Å². The van der Waals surface area contributed by atoms with Crippen molar-refractivity contribution in [2.24, 2.45) is 34.5 Å². The van der Waals surface area contributed by atoms with Gasteiger partial charge < -0.3 is 19.3 Å². The van der Waals surface area contributed by atoms with Gasteiger partial charge in [-0.1, -0.05) is 25.5 Å². The zero-order valence-corrected chi connectivity index (χ0v) is 18.8. The highest BCUT2D eigenvalue weighted by Gasteiger charge is 2.61. The number of carbonyl (C=O) groups excluding carboxylic acids is 1. The Morgan fingerprint density at radius 1 is 1.23 bits per heavy atom. The summed E-state index contributed by atoms with van der Waals surface area (Å²) in [5, 5.41) is 10.5. The molecule has 166 valence electrons. The predicted octanol–water partition coefficient (Wildman–Crippen LogP) is 4.36. The smallest absolute Gasteiger partial charge is 0.307 e. The van der Waals surface area contributed by atoms with Crippen molar-refractivity contribution in [1.29, 1.82) is 0 Å². The van der Waals surface area contributed by atoms with Crippen LogP contribution in [0.15, 0.2) is 23.5 Å². The van der Waals surface area contributed by atoms with Crippen molar-refractivity contribution in [1.82, 2.24) is 0 Å². The number of aliphatic hydroxyl groups is 1. The standard InChI is InChI=1S/C25H36O5/c1-15(26)19-7-8-20-18-6-5-17-13-25(28-11-12-29-25)10-9-23(17,3)22(18)21(30-16(2)27)14-24(19,20)4/h5,14-15,18-20,22,26H,6-13H2,1-4H3/t15?,18-,19+,20-,22+,23-,24+/m0/s1. The topological polar surface area (TPSA) is 65.0 Å². The molecule has 5 nitrogen and oxygen atoms in total. The first-order valence-corrected chi connectivity index (χ1v) is 11.8. The molecular formula is C25H36O5. The highest BCUT2D eigenvalue weighted by Crippen LogP contribution is 2.67. The number of ether oxygens (including phenoxy) is 3. The third kappa shape index (κ3) is 2.88. The molecule has 1 N–H and O–H groups in total. The fraction of sp³-hybridized carbons (Fsp3) is 0.800. The molecule has 5 rings (SSSR count). The van der Waals surface area contributed by atoms with Crippen molar-refractivity contribution in [3.8, 4) is 0 Å². The van der Waals surface area contributed by atoms with Gasteiger partial charge in [0, 0.05) is 25.7 Å². The summed E-state index contributed by atoms with van der Waals surface area (Å²) < 4.78 is 18.0. The van der Waals surface area contributed by atoms with Gasteiger partial charge in [-0.15, -0.1) is 0 Å². The average molecular weight is 417 g/mol. The highest BCUT2D eigenvalue weighted by molar-refractivity contribution is 5.67. The van der Waals surface area contributed by atoms with Gasteiger partial charge >= 0.3 is 5.97 Å². The molecule has 0 radical (unpaired) electrons. The molecule has 1 saturated heterocycles. The normalized spacial score (nSPS) is 45.1. The minimum absolute atomic E-state index is 0.0466. The number of carbonyl (C=O) groups is 1. The lowest BCUT2D eigenvalue weighted by atomic mass is 9.48. The van der Waals surface area contributed by atoms with Crippen LogP contribution in [0.3, 0.4) is 0 Å². The fourth-order valence-electron chi connectivity index (χ4n) is 7.97. The molecule has 7 atom stereocenters. The van der Waals surface area contributed by atoms with E-state index in [-0.39, 0.29) is 34.7 Å². The number of esters is 1. The molecule has 1 aliphatic heterocycles. The zero-order chi connectivity index (χ0) is 21.3. The van der Waals surface area contributed by atoms with Gasteiger partial charge in [0.25, 0.3) is 0 Å². The summed E-state index contributed by atoms with van der Waals surface area (Å²) in [4.78, 5) is 12.1. The first-order chi connectivity index (χ1) is 14.2. The summed E-state index contributed by atoms with van der Waals surface area (Å²) in [6, 6.07) is 0. The Kier molecular flexibility index (Phi) is 4.77. The molecule has 5 aliphatic rings. The molecule has 2 saturated carbocycles. The van der Waals surface area contributed by atoms with E-state index in [0.29, 0.717) is 25.0 Å². The molecule has 0 amide bonds. The van der Waals surface area contributed by atoms with Crippen molar-refractivity contribution >= 4 is 5.97 Å². The Morgan fingerprint density at radius 2 is 1.97 bits per heavy atom. The summed E-state index contributed by atoms with van der Waals surface area (Å²) in [5.41, 5.74) is 1.23. The van der Waals surface area contributed by atoms with E-state index in [2.05, 4.69) is 26.0 Å². The number of allylic oxidation sites excluding steroid dienone is 3. The van der Waals surface area contributed by atoms with Crippen LogP contribution in [0.4, 0.5) is 0 Å². The molecule has 0 bridgehead atoms. The number of hydrogen-bond donors (Lipinski definition) is 1. The molecule has 3 fully saturated rings. The van der Waals surface area contributed by atoms with Crippen molar-refractivity contribution in [2.75, 3.05) is 13.2 Å². The second-order valence-corrected chi connectivity index (χ2v) is 10.8. The summed E-state index contributed by atoms with van der Waals surface area (Å²) in [6.45, 7) is 9.40. The Labute approximate surface area is 179 Å². The zero-order valence-electron chi connectivity index (χ0n) is 18.8. The lowest BCUT2D eigenvalue weighted by Gasteiger charge is -2.57. The quantitative estimate of drug-likeness (QED) is 0.535. The van der Waals surface area contributed by atoms with E-state index in [9.17, 15) is 9.90 Å². The van der Waals surface area contributed by atoms with Crippen LogP contribution in [0.5, 0.6) is 0 Å². The Balaban J connectivity index is 1.56. The van der Waals surface area contributed by atoms with E-state index >= 15 is 0 Å². The lowest BCUT2D eigenvalue weighted by Crippen LogP contribution is -2.53. The maximum absolute atomic E-state index is 12.1. The summed E-state index contributed by atoms with van der Waals surface area (Å²) >= 11 is 0. The van der Waals surface area contributed by atoms with E-state index < -0.39 is 5.79 Å². The average Bonchev–Trinajstić information content (AvgIpc) is 3.25. The van der Waals surface area contributed by atoms with Gasteiger partial charge in [0.15, 0.2) is 5.79 Å². The molecule has 30 heavy (non-hydrogen) atoms. The van der Waals surface area contributed by atoms with Gasteiger partial charge in [0.1, 0.15) is 5.76 Å². The second kappa shape index (κ2) is 6.91. The van der Waals surface area contributed by atoms with Crippen LogP contribution in [0, 0.1) is 34.5 Å². The molecule has 0 aromatic carbocycles. The van der Waals surface area contributed by atoms with Gasteiger partial charge in [-0.2, -0.15) is 0 Å². The Hall–Kier alpha value is -1.17. The van der Waals surface area contributed by atoms with Crippen LogP contribution in [-0.2, 0) is 19.0 Å². The first-order valence-electron chi connectivity index (χ1n) is 11.8. The minimum atomic E-state index is -0.447. The van der Waals surface area contributed by atoms with Crippen LogP contribution in [0.1, 0.15) is 66.2 Å². The maximum Gasteiger partial charge on any atom is 0.307 e. The van der Waals surface area contributed by atoms with E-state index in [1.54, 1.807) is 0 Å². The monoisotopic (exact) mass is 416 g/mol. The summed E-state index contributed by atoms with van der Waals surface area (Å²) in [7, 11) is 0. The minimum Gasteiger partial charge on any atom is -0.431 e. The van der Waals surface area contributed by atoms with Gasteiger partial charge in [0.2, 0.25) is 0 Å². The van der Waals surface area contributed by atoms with Crippen LogP contribution >= 0.6 is 0 Å². The highest BCUT2D eigenvalue weighted by atomic mass is 16.7. The molecular weight excluding hydrogens is 380 g/mol. The van der Waals surface area contributed by atoms with Crippen LogP contribution in [0.2, 0.25) is 0 Å². The van der Waals surface area contributed by atoms with E-state index in [0.717, 1.165) is 44.3 Å². The van der Waals surface area contributed by atoms with Gasteiger partial charge in [0.05, 0.1) is 19.3 Å². The van der Waals surface area contributed by atoms with Gasteiger partial charge in [-0.05, 0) is 67.3 Å². The van der Waals surface area contributed by atoms with Crippen molar-refractivity contribution in [2.45, 2.75) is 78.1 Å². The predicted molar refractivity (Wildman–Crippen MR) is 112 cm³/mol. The SMILES string of the molecule is CC(=O)OC1=C[C@]2(C)[C@@H](C(C)O)CC[C@H]2[C@@H]2CC=C3CC4(CC[C@]3(C)[C@@H]12)OCCO4. The molecule has 5 heteroatoms. The van der Waals surface area contributed by atoms with Crippen LogP contribution in [-0.4, -0.2) is 36.2 Å². The van der Waals surface area contributed by atoms with Gasteiger partial charge in [-0.25, -0.2) is 0 Å². The summed E-state index contributed by atoms with van der Waals surface area (Å²) in [5.74, 6) is 1.50. The lowest BCUT2D eigenvalue weighted by molar-refractivity contribution is -0.184. The molecule has 0 aromatic rings. The Morgan fingerprint density at radius 3 is 2.63 bits per heavy atom. The van der Waals surface area contributed by atoms with Crippen molar-refractivity contribution < 1.29 is 24.1 Å². The molecule has 4 aliphatic carbocycles. The summed E-state index contributed by atoms with van der Waals surface area (Å²) in [6.07, 6.45) is 10.2. The molecule has 1 heterocycles. The van der Waals surface area contributed by atoms with Crippen LogP contribution in [0.25, 0.3) is 0 Å². The van der Waals surface area contributed by atoms with Crippen molar-refractivity contribution in [3.05, 3.63) is 23.5 Å². The number of rotatable bonds is 2. The maximum atomic E-state index is 12.1. The third-order valence-electron chi connectivity index (χ3n) is 9.29. The second-order valence-electron chi connectivity index (χ2n) is 10.8. The molecule has 1 spiro atoms. The van der Waals surface area contributed by atoms with E-state index in [1.165, 1.54) is 12.5 Å². The number of fused-ring (bicyclic) bond motifs is 5. The van der Waals surface area contributed by atoms with E-state index in [4.69, 9.17) is 14.2 Å². The van der Waals surface area contributed by atoms with Gasteiger partial charge in [-0.3, -0.25) is 4.79 Å². The molecule has 0 aromatic heterocycles. The fourth-order valence-corrected chi connectivity index (χ4v) is 7.97. The largest absolute Gasteiger partial charge is 0.431 e. The van der Waals surface area contributed by atoms with Crippen molar-refractivity contribution in [3.63, 3.8) is 0 Å². The first kappa shape index (κ1) is 20.7.